The van der Waals surface area contributed by atoms with Crippen LogP contribution in [0.5, 0.6) is 0 Å². The zero-order chi connectivity index (χ0) is 8.97. The fraction of sp³-hybridized carbons (Fsp3) is 0.727. The van der Waals surface area contributed by atoms with Gasteiger partial charge in [0.05, 0.1) is 5.70 Å². The summed E-state index contributed by atoms with van der Waals surface area (Å²) in [6.45, 7) is 7.73. The van der Waals surface area contributed by atoms with Gasteiger partial charge in [0.25, 0.3) is 0 Å². The van der Waals surface area contributed by atoms with E-state index in [-0.39, 0.29) is 0 Å². The van der Waals surface area contributed by atoms with Crippen molar-refractivity contribution in [2.24, 2.45) is 5.92 Å². The number of hydrogen-bond donors (Lipinski definition) is 1. The first-order chi connectivity index (χ1) is 5.77. The van der Waals surface area contributed by atoms with Crippen molar-refractivity contribution in [2.75, 3.05) is 6.54 Å². The minimum absolute atomic E-state index is 0.775. The molecule has 1 unspecified atom stereocenters. The molecule has 68 valence electrons. The molecule has 0 saturated carbocycles. The second kappa shape index (κ2) is 4.37. The number of hydrogen-bond acceptors (Lipinski definition) is 1. The van der Waals surface area contributed by atoms with Crippen molar-refractivity contribution in [1.29, 1.82) is 0 Å². The Morgan fingerprint density at radius 2 is 2.33 bits per heavy atom. The monoisotopic (exact) mass is 165 g/mol. The second-order valence-electron chi connectivity index (χ2n) is 3.54. The van der Waals surface area contributed by atoms with Crippen LogP contribution in [-0.2, 0) is 0 Å². The van der Waals surface area contributed by atoms with E-state index in [9.17, 15) is 0 Å². The largest absolute Gasteiger partial charge is 0.381 e. The summed E-state index contributed by atoms with van der Waals surface area (Å²) in [5, 5.41) is 3.33. The van der Waals surface area contributed by atoms with Crippen LogP contribution in [0.2, 0.25) is 0 Å². The van der Waals surface area contributed by atoms with Crippen LogP contribution in [0.1, 0.15) is 40.0 Å². The smallest absolute Gasteiger partial charge is 0.0586 e. The first-order valence-electron chi connectivity index (χ1n) is 4.98. The van der Waals surface area contributed by atoms with Crippen LogP contribution in [0.25, 0.3) is 0 Å². The summed E-state index contributed by atoms with van der Waals surface area (Å²) in [6.07, 6.45) is 3.71. The molecule has 1 heteroatoms. The highest BCUT2D eigenvalue weighted by molar-refractivity contribution is 5.16. The van der Waals surface area contributed by atoms with E-state index in [0.29, 0.717) is 0 Å². The predicted octanol–water partition coefficient (Wildman–Crippen LogP) is 2.85. The van der Waals surface area contributed by atoms with Crippen molar-refractivity contribution in [3.8, 4) is 0 Å². The molecule has 1 heterocycles. The zero-order valence-corrected chi connectivity index (χ0v) is 8.41. The Bertz CT molecular complexity index is 209. The van der Waals surface area contributed by atoms with Gasteiger partial charge < -0.3 is 5.32 Å². The average Bonchev–Trinajstić information content (AvgIpc) is 2.08. The van der Waals surface area contributed by atoms with Gasteiger partial charge in [0.1, 0.15) is 0 Å². The van der Waals surface area contributed by atoms with Crippen molar-refractivity contribution >= 4 is 0 Å². The van der Waals surface area contributed by atoms with Gasteiger partial charge in [-0.05, 0) is 25.3 Å². The highest BCUT2D eigenvalue weighted by Gasteiger charge is 2.21. The van der Waals surface area contributed by atoms with Gasteiger partial charge >= 0.3 is 0 Å². The van der Waals surface area contributed by atoms with Crippen LogP contribution in [0.4, 0.5) is 0 Å². The van der Waals surface area contributed by atoms with Crippen LogP contribution in [-0.4, -0.2) is 6.54 Å². The SMILES string of the molecule is CCCC1CNC1=C=C(C)CC. The highest BCUT2D eigenvalue weighted by Crippen LogP contribution is 2.21. The molecule has 0 amide bonds. The molecule has 1 N–H and O–H groups in total. The summed E-state index contributed by atoms with van der Waals surface area (Å²) in [5.41, 5.74) is 6.13. The lowest BCUT2D eigenvalue weighted by molar-refractivity contribution is 0.406. The summed E-state index contributed by atoms with van der Waals surface area (Å²) in [6, 6.07) is 0. The Hall–Kier alpha value is -0.680. The lowest BCUT2D eigenvalue weighted by Crippen LogP contribution is -2.38. The molecule has 12 heavy (non-hydrogen) atoms. The van der Waals surface area contributed by atoms with Crippen LogP contribution in [0.15, 0.2) is 17.0 Å². The molecular weight excluding hydrogens is 146 g/mol. The van der Waals surface area contributed by atoms with Crippen LogP contribution in [0, 0.1) is 5.92 Å². The van der Waals surface area contributed by atoms with Crippen molar-refractivity contribution in [3.63, 3.8) is 0 Å². The molecule has 0 spiro atoms. The lowest BCUT2D eigenvalue weighted by Gasteiger charge is -2.30. The van der Waals surface area contributed by atoms with E-state index < -0.39 is 0 Å². The van der Waals surface area contributed by atoms with Gasteiger partial charge in [0, 0.05) is 12.5 Å². The molecule has 0 aromatic carbocycles. The second-order valence-corrected chi connectivity index (χ2v) is 3.54. The Balaban J connectivity index is 2.58. The summed E-state index contributed by atoms with van der Waals surface area (Å²) in [5.74, 6) is 0.775. The number of rotatable bonds is 3. The van der Waals surface area contributed by atoms with Crippen LogP contribution < -0.4 is 5.32 Å². The molecule has 1 atom stereocenters. The molecule has 1 rings (SSSR count). The predicted molar refractivity (Wildman–Crippen MR) is 52.9 cm³/mol. The van der Waals surface area contributed by atoms with Crippen LogP contribution >= 0.6 is 0 Å². The summed E-state index contributed by atoms with van der Waals surface area (Å²) < 4.78 is 0. The summed E-state index contributed by atoms with van der Waals surface area (Å²) in [4.78, 5) is 0. The molecule has 1 aliphatic rings. The maximum Gasteiger partial charge on any atom is 0.0586 e. The van der Waals surface area contributed by atoms with Gasteiger partial charge in [0.2, 0.25) is 0 Å². The quantitative estimate of drug-likeness (QED) is 0.634. The van der Waals surface area contributed by atoms with Crippen molar-refractivity contribution < 1.29 is 0 Å². The van der Waals surface area contributed by atoms with E-state index >= 15 is 0 Å². The van der Waals surface area contributed by atoms with Gasteiger partial charge in [-0.3, -0.25) is 0 Å². The van der Waals surface area contributed by atoms with Gasteiger partial charge in [0.15, 0.2) is 0 Å². The van der Waals surface area contributed by atoms with E-state index in [2.05, 4.69) is 31.8 Å². The fourth-order valence-corrected chi connectivity index (χ4v) is 1.41. The molecule has 0 aromatic rings. The molecule has 0 bridgehead atoms. The van der Waals surface area contributed by atoms with Crippen molar-refractivity contribution in [3.05, 3.63) is 17.0 Å². The van der Waals surface area contributed by atoms with Gasteiger partial charge in [-0.25, -0.2) is 0 Å². The average molecular weight is 165 g/mol. The molecule has 0 aliphatic carbocycles. The Morgan fingerprint density at radius 1 is 1.58 bits per heavy atom. The maximum absolute atomic E-state index is 3.42. The first kappa shape index (κ1) is 9.41. The minimum Gasteiger partial charge on any atom is -0.381 e. The minimum atomic E-state index is 0.775. The standard InChI is InChI=1S/C11H19N/c1-4-6-10-8-12-11(10)7-9(3)5-2/h10,12H,4-6,8H2,1-3H3. The van der Waals surface area contributed by atoms with E-state index in [1.807, 2.05) is 0 Å². The third-order valence-electron chi connectivity index (χ3n) is 2.46. The third-order valence-corrected chi connectivity index (χ3v) is 2.46. The Labute approximate surface area is 75.6 Å². The molecule has 1 saturated heterocycles. The third kappa shape index (κ3) is 2.15. The molecular formula is C11H19N. The maximum atomic E-state index is 3.42. The molecule has 1 aliphatic heterocycles. The van der Waals surface area contributed by atoms with Gasteiger partial charge in [-0.2, -0.15) is 0 Å². The molecule has 1 nitrogen and oxygen atoms in total. The first-order valence-corrected chi connectivity index (χ1v) is 4.98. The van der Waals surface area contributed by atoms with Crippen LogP contribution in [0.3, 0.4) is 0 Å². The van der Waals surface area contributed by atoms with E-state index in [1.165, 1.54) is 24.1 Å². The van der Waals surface area contributed by atoms with Crippen molar-refractivity contribution in [1.82, 2.24) is 5.32 Å². The van der Waals surface area contributed by atoms with E-state index in [0.717, 1.165) is 18.9 Å². The Morgan fingerprint density at radius 3 is 2.75 bits per heavy atom. The summed E-state index contributed by atoms with van der Waals surface area (Å²) in [7, 11) is 0. The lowest BCUT2D eigenvalue weighted by atomic mass is 9.93. The van der Waals surface area contributed by atoms with Crippen molar-refractivity contribution in [2.45, 2.75) is 40.0 Å². The zero-order valence-electron chi connectivity index (χ0n) is 8.41. The number of nitrogens with one attached hydrogen (secondary N) is 1. The topological polar surface area (TPSA) is 12.0 Å². The molecule has 1 fully saturated rings. The molecule has 0 aromatic heterocycles. The fourth-order valence-electron chi connectivity index (χ4n) is 1.41. The van der Waals surface area contributed by atoms with E-state index in [4.69, 9.17) is 0 Å². The van der Waals surface area contributed by atoms with Gasteiger partial charge in [-0.1, -0.05) is 20.3 Å². The Kier molecular flexibility index (Phi) is 3.43. The normalized spacial score (nSPS) is 20.9. The van der Waals surface area contributed by atoms with Gasteiger partial charge in [-0.15, -0.1) is 5.73 Å². The highest BCUT2D eigenvalue weighted by atomic mass is 15.0. The summed E-state index contributed by atoms with van der Waals surface area (Å²) >= 11 is 0. The van der Waals surface area contributed by atoms with E-state index in [1.54, 1.807) is 0 Å². The molecule has 0 radical (unpaired) electrons.